The average molecular weight is 405 g/mol. The normalized spacial score (nSPS) is 24.7. The number of piperidine rings is 1. The van der Waals surface area contributed by atoms with Crippen molar-refractivity contribution in [3.63, 3.8) is 0 Å². The molecule has 4 heterocycles. The van der Waals surface area contributed by atoms with Crippen LogP contribution in [0.25, 0.3) is 0 Å². The predicted molar refractivity (Wildman–Crippen MR) is 94.9 cm³/mol. The standard InChI is InChI=1S/C16H17BrN6O2/c1-2-10-8-19-15(20-9-10)13-7-11-4-6-21(13)22(11)16-14(23(24)25)12(17)3-5-18-16/h3,5,8-9,11,13H,2,4,6-7H2,1H3. The number of fused-ring (bicyclic) bond motifs is 2. The molecule has 0 amide bonds. The van der Waals surface area contributed by atoms with Crippen LogP contribution in [-0.4, -0.2) is 37.5 Å². The summed E-state index contributed by atoms with van der Waals surface area (Å²) in [5.74, 6) is 1.15. The zero-order valence-electron chi connectivity index (χ0n) is 13.7. The lowest BCUT2D eigenvalue weighted by molar-refractivity contribution is -0.385. The summed E-state index contributed by atoms with van der Waals surface area (Å²) >= 11 is 3.28. The molecule has 3 unspecified atom stereocenters. The first kappa shape index (κ1) is 16.3. The summed E-state index contributed by atoms with van der Waals surface area (Å²) in [6.45, 7) is 2.89. The molecule has 25 heavy (non-hydrogen) atoms. The van der Waals surface area contributed by atoms with E-state index in [1.165, 1.54) is 0 Å². The molecule has 2 aliphatic heterocycles. The third-order valence-corrected chi connectivity index (χ3v) is 5.50. The molecule has 2 aliphatic rings. The molecule has 0 aliphatic carbocycles. The molecule has 2 bridgehead atoms. The summed E-state index contributed by atoms with van der Waals surface area (Å²) in [4.78, 5) is 24.5. The number of hydrogen-bond donors (Lipinski definition) is 0. The van der Waals surface area contributed by atoms with Gasteiger partial charge in [0.15, 0.2) is 0 Å². The first-order valence-corrected chi connectivity index (χ1v) is 9.05. The Morgan fingerprint density at radius 2 is 2.12 bits per heavy atom. The fourth-order valence-corrected chi connectivity index (χ4v) is 4.07. The van der Waals surface area contributed by atoms with Crippen LogP contribution in [-0.2, 0) is 6.42 Å². The Morgan fingerprint density at radius 3 is 2.80 bits per heavy atom. The van der Waals surface area contributed by atoms with Gasteiger partial charge in [-0.15, -0.1) is 0 Å². The van der Waals surface area contributed by atoms with Gasteiger partial charge in [-0.1, -0.05) is 6.92 Å². The SMILES string of the molecule is CCc1cnc(C2CC3CCN2N3c2nccc(Br)c2[N+](=O)[O-])nc1. The van der Waals surface area contributed by atoms with Crippen molar-refractivity contribution in [1.82, 2.24) is 20.0 Å². The Balaban J connectivity index is 1.69. The molecular weight excluding hydrogens is 388 g/mol. The number of rotatable bonds is 4. The number of aromatic nitrogens is 3. The second-order valence-corrected chi connectivity index (χ2v) is 7.08. The number of pyridine rings is 1. The van der Waals surface area contributed by atoms with Crippen LogP contribution in [0, 0.1) is 10.1 Å². The first-order chi connectivity index (χ1) is 12.1. The van der Waals surface area contributed by atoms with Crippen LogP contribution in [0.4, 0.5) is 11.5 Å². The molecule has 0 N–H and O–H groups in total. The fraction of sp³-hybridized carbons (Fsp3) is 0.438. The van der Waals surface area contributed by atoms with Crippen LogP contribution in [0.1, 0.15) is 37.2 Å². The van der Waals surface area contributed by atoms with Crippen LogP contribution in [0.2, 0.25) is 0 Å². The van der Waals surface area contributed by atoms with E-state index in [0.717, 1.165) is 37.2 Å². The van der Waals surface area contributed by atoms with Crippen LogP contribution in [0.3, 0.4) is 0 Å². The zero-order valence-corrected chi connectivity index (χ0v) is 15.3. The molecule has 2 saturated heterocycles. The molecule has 0 radical (unpaired) electrons. The van der Waals surface area contributed by atoms with Gasteiger partial charge < -0.3 is 0 Å². The molecular formula is C16H17BrN6O2. The van der Waals surface area contributed by atoms with E-state index in [1.54, 1.807) is 12.3 Å². The van der Waals surface area contributed by atoms with Crippen molar-refractivity contribution in [2.45, 2.75) is 38.3 Å². The minimum absolute atomic E-state index is 0.00213. The van der Waals surface area contributed by atoms with Crippen molar-refractivity contribution in [2.24, 2.45) is 0 Å². The molecule has 2 aromatic rings. The van der Waals surface area contributed by atoms with Crippen molar-refractivity contribution in [3.05, 3.63) is 50.6 Å². The van der Waals surface area contributed by atoms with Gasteiger partial charge in [0.1, 0.15) is 10.3 Å². The minimum atomic E-state index is -0.382. The summed E-state index contributed by atoms with van der Waals surface area (Å²) in [6, 6.07) is 1.81. The molecule has 0 saturated carbocycles. The number of halogens is 1. The van der Waals surface area contributed by atoms with E-state index < -0.39 is 0 Å². The highest BCUT2D eigenvalue weighted by Crippen LogP contribution is 2.46. The summed E-state index contributed by atoms with van der Waals surface area (Å²) in [7, 11) is 0. The summed E-state index contributed by atoms with van der Waals surface area (Å²) < 4.78 is 0.440. The zero-order chi connectivity index (χ0) is 17.6. The van der Waals surface area contributed by atoms with E-state index >= 15 is 0 Å². The number of nitrogens with zero attached hydrogens (tertiary/aromatic N) is 6. The maximum Gasteiger partial charge on any atom is 0.326 e. The topological polar surface area (TPSA) is 88.3 Å². The van der Waals surface area contributed by atoms with E-state index in [-0.39, 0.29) is 22.7 Å². The Kier molecular flexibility index (Phi) is 4.12. The van der Waals surface area contributed by atoms with Crippen LogP contribution in [0.5, 0.6) is 0 Å². The number of hydrazine groups is 1. The second-order valence-electron chi connectivity index (χ2n) is 6.23. The number of anilines is 1. The molecule has 3 atom stereocenters. The first-order valence-electron chi connectivity index (χ1n) is 8.25. The molecule has 9 heteroatoms. The van der Waals surface area contributed by atoms with E-state index in [0.29, 0.717) is 10.3 Å². The minimum Gasteiger partial charge on any atom is -0.280 e. The Bertz CT molecular complexity index is 815. The number of hydrogen-bond acceptors (Lipinski definition) is 7. The third-order valence-electron chi connectivity index (χ3n) is 4.86. The molecule has 130 valence electrons. The number of nitro groups is 1. The lowest BCUT2D eigenvalue weighted by Crippen LogP contribution is -2.36. The van der Waals surface area contributed by atoms with E-state index in [2.05, 4.69) is 42.8 Å². The van der Waals surface area contributed by atoms with Crippen molar-refractivity contribution in [2.75, 3.05) is 11.6 Å². The largest absolute Gasteiger partial charge is 0.326 e. The third kappa shape index (κ3) is 2.67. The maximum atomic E-state index is 11.5. The van der Waals surface area contributed by atoms with Gasteiger partial charge in [0.2, 0.25) is 5.82 Å². The molecule has 2 aromatic heterocycles. The monoisotopic (exact) mass is 404 g/mol. The van der Waals surface area contributed by atoms with Crippen molar-refractivity contribution < 1.29 is 4.92 Å². The highest BCUT2D eigenvalue weighted by atomic mass is 79.9. The fourth-order valence-electron chi connectivity index (χ4n) is 3.63. The van der Waals surface area contributed by atoms with E-state index in [9.17, 15) is 10.1 Å². The van der Waals surface area contributed by atoms with Crippen molar-refractivity contribution in [1.29, 1.82) is 0 Å². The Labute approximate surface area is 153 Å². The summed E-state index contributed by atoms with van der Waals surface area (Å²) in [5, 5.41) is 15.6. The van der Waals surface area contributed by atoms with Crippen molar-refractivity contribution >= 4 is 27.4 Å². The van der Waals surface area contributed by atoms with Crippen LogP contribution >= 0.6 is 15.9 Å². The quantitative estimate of drug-likeness (QED) is 0.571. The molecule has 4 rings (SSSR count). The molecule has 8 nitrogen and oxygen atoms in total. The van der Waals surface area contributed by atoms with Crippen LogP contribution in [0.15, 0.2) is 29.1 Å². The lowest BCUT2D eigenvalue weighted by Gasteiger charge is -2.28. The lowest BCUT2D eigenvalue weighted by atomic mass is 10.0. The highest BCUT2D eigenvalue weighted by Gasteiger charge is 2.49. The second kappa shape index (κ2) is 6.30. The van der Waals surface area contributed by atoms with E-state index in [4.69, 9.17) is 0 Å². The van der Waals surface area contributed by atoms with Crippen molar-refractivity contribution in [3.8, 4) is 0 Å². The molecule has 0 spiro atoms. The van der Waals surface area contributed by atoms with Gasteiger partial charge in [-0.05, 0) is 46.8 Å². The molecule has 0 aromatic carbocycles. The maximum absolute atomic E-state index is 11.5. The van der Waals surface area contributed by atoms with Gasteiger partial charge in [0.05, 0.1) is 17.0 Å². The Morgan fingerprint density at radius 1 is 1.36 bits per heavy atom. The summed E-state index contributed by atoms with van der Waals surface area (Å²) in [5.41, 5.74) is 1.10. The highest BCUT2D eigenvalue weighted by molar-refractivity contribution is 9.10. The van der Waals surface area contributed by atoms with Gasteiger partial charge in [-0.2, -0.15) is 0 Å². The summed E-state index contributed by atoms with van der Waals surface area (Å²) in [6.07, 6.45) is 8.01. The Hall–Kier alpha value is -2.13. The van der Waals surface area contributed by atoms with E-state index in [1.807, 2.05) is 17.4 Å². The van der Waals surface area contributed by atoms with Gasteiger partial charge in [-0.25, -0.2) is 20.0 Å². The average Bonchev–Trinajstić information content (AvgIpc) is 3.19. The number of aryl methyl sites for hydroxylation is 1. The van der Waals surface area contributed by atoms with Gasteiger partial charge in [0, 0.05) is 25.1 Å². The smallest absolute Gasteiger partial charge is 0.280 e. The predicted octanol–water partition coefficient (Wildman–Crippen LogP) is 3.05. The van der Waals surface area contributed by atoms with Crippen LogP contribution < -0.4 is 5.01 Å². The molecule has 2 fully saturated rings. The van der Waals surface area contributed by atoms with Gasteiger partial charge in [-0.3, -0.25) is 15.1 Å². The van der Waals surface area contributed by atoms with Gasteiger partial charge >= 0.3 is 5.69 Å². The van der Waals surface area contributed by atoms with Gasteiger partial charge in [0.25, 0.3) is 0 Å².